The van der Waals surface area contributed by atoms with E-state index >= 15 is 0 Å². The lowest BCUT2D eigenvalue weighted by molar-refractivity contribution is -0.152. The zero-order chi connectivity index (χ0) is 35.7. The van der Waals surface area contributed by atoms with Crippen LogP contribution in [0.3, 0.4) is 0 Å². The van der Waals surface area contributed by atoms with E-state index < -0.39 is 42.3 Å². The Balaban J connectivity index is 1.81. The molecule has 5 rings (SSSR count). The molecule has 1 fully saturated rings. The Bertz CT molecular complexity index is 1820. The van der Waals surface area contributed by atoms with Crippen molar-refractivity contribution in [3.63, 3.8) is 0 Å². The van der Waals surface area contributed by atoms with Gasteiger partial charge in [0.25, 0.3) is 0 Å². The van der Waals surface area contributed by atoms with E-state index in [0.717, 1.165) is 33.4 Å². The molecule has 1 amide bonds. The first kappa shape index (κ1) is 36.1. The normalized spacial score (nSPS) is 16.0. The Kier molecular flexibility index (Phi) is 11.9. The Hall–Kier alpha value is -5.18. The van der Waals surface area contributed by atoms with Gasteiger partial charge in [0.2, 0.25) is 11.0 Å². The summed E-state index contributed by atoms with van der Waals surface area (Å²) in [5.74, 6) is -2.28. The van der Waals surface area contributed by atoms with Gasteiger partial charge in [-0.2, -0.15) is 0 Å². The van der Waals surface area contributed by atoms with Gasteiger partial charge in [-0.25, -0.2) is 9.59 Å². The summed E-state index contributed by atoms with van der Waals surface area (Å²) >= 11 is 0.857. The van der Waals surface area contributed by atoms with Crippen molar-refractivity contribution >= 4 is 63.1 Å². The van der Waals surface area contributed by atoms with Crippen LogP contribution in [-0.4, -0.2) is 63.1 Å². The van der Waals surface area contributed by atoms with Gasteiger partial charge in [-0.3, -0.25) is 19.5 Å². The number of rotatable bonds is 13. The molecule has 50 heavy (non-hydrogen) atoms. The molecular formula is C39H37N2O7PS. The zero-order valence-corrected chi connectivity index (χ0v) is 29.4. The standard InChI is InChI=1S/C39H37N2O7PS/c1-5-24-46-37(43)35(49(30-16-10-7-11-17-30,31-18-12-8-13-19-31)32-20-14-9-15-21-32)41-34(42)33(28(4)48-39(45)47-25-6-2)36(41)50-38(44)29-23-22-27(3)40-26-29/h5-23,26,28,33,36H,1-2,24-25H2,3-4H3/t28-,33+,36-/m1/s1. The summed E-state index contributed by atoms with van der Waals surface area (Å²) in [4.78, 5) is 61.4. The van der Waals surface area contributed by atoms with Crippen molar-refractivity contribution < 1.29 is 33.4 Å². The average Bonchev–Trinajstić information content (AvgIpc) is 3.14. The molecule has 3 aromatic carbocycles. The molecule has 0 spiro atoms. The number of thioether (sulfide) groups is 1. The SMILES string of the molecule is C=CCOC(=O)O[C@H](C)[C@H]1C(=O)N(C(C(=O)OCC=C)=P(c2ccccc2)(c2ccccc2)c2ccccc2)[C@@H]1SC(=O)c1ccc(C)nc1. The first-order valence-electron chi connectivity index (χ1n) is 15.9. The van der Waals surface area contributed by atoms with E-state index in [2.05, 4.69) is 18.1 Å². The smallest absolute Gasteiger partial charge is 0.457 e. The molecular weight excluding hydrogens is 671 g/mol. The molecule has 256 valence electrons. The highest BCUT2D eigenvalue weighted by atomic mass is 32.2. The number of esters is 1. The van der Waals surface area contributed by atoms with Crippen LogP contribution in [0.4, 0.5) is 4.79 Å². The monoisotopic (exact) mass is 708 g/mol. The molecule has 2 heterocycles. The highest BCUT2D eigenvalue weighted by molar-refractivity contribution is 8.14. The number of hydrogen-bond donors (Lipinski definition) is 0. The number of likely N-dealkylation sites (tertiary alicyclic amines) is 1. The van der Waals surface area contributed by atoms with Crippen LogP contribution in [0.25, 0.3) is 0 Å². The molecule has 1 aliphatic rings. The van der Waals surface area contributed by atoms with Crippen molar-refractivity contribution in [1.82, 2.24) is 9.88 Å². The van der Waals surface area contributed by atoms with E-state index in [1.165, 1.54) is 23.2 Å². The van der Waals surface area contributed by atoms with E-state index in [1.807, 2.05) is 97.9 Å². The minimum absolute atomic E-state index is 0.0814. The van der Waals surface area contributed by atoms with Crippen molar-refractivity contribution in [3.05, 3.63) is 146 Å². The number of pyridine rings is 1. The number of benzene rings is 3. The fourth-order valence-electron chi connectivity index (χ4n) is 5.79. The van der Waals surface area contributed by atoms with Crippen molar-refractivity contribution in [3.8, 4) is 0 Å². The molecule has 4 aromatic rings. The molecule has 1 aromatic heterocycles. The Morgan fingerprint density at radius 2 is 1.36 bits per heavy atom. The maximum absolute atomic E-state index is 14.7. The third-order valence-electron chi connectivity index (χ3n) is 8.06. The Morgan fingerprint density at radius 3 is 1.84 bits per heavy atom. The maximum atomic E-state index is 14.7. The minimum atomic E-state index is -3.24. The highest BCUT2D eigenvalue weighted by Crippen LogP contribution is 2.51. The number of aromatic nitrogens is 1. The second-order valence-electron chi connectivity index (χ2n) is 11.3. The molecule has 9 nitrogen and oxygen atoms in total. The van der Waals surface area contributed by atoms with Gasteiger partial charge in [0.1, 0.15) is 36.0 Å². The summed E-state index contributed by atoms with van der Waals surface area (Å²) < 4.78 is 16.4. The first-order chi connectivity index (χ1) is 24.2. The van der Waals surface area contributed by atoms with Gasteiger partial charge in [-0.05, 0) is 41.9 Å². The van der Waals surface area contributed by atoms with Gasteiger partial charge in [-0.1, -0.05) is 128 Å². The average molecular weight is 709 g/mol. The van der Waals surface area contributed by atoms with E-state index in [9.17, 15) is 19.2 Å². The molecule has 3 atom stereocenters. The summed E-state index contributed by atoms with van der Waals surface area (Å²) in [7, 11) is 0. The van der Waals surface area contributed by atoms with Gasteiger partial charge >= 0.3 is 12.1 Å². The van der Waals surface area contributed by atoms with E-state index in [0.29, 0.717) is 5.56 Å². The second-order valence-corrected chi connectivity index (χ2v) is 15.7. The highest BCUT2D eigenvalue weighted by Gasteiger charge is 2.57. The van der Waals surface area contributed by atoms with Crippen LogP contribution in [0.2, 0.25) is 0 Å². The molecule has 0 saturated carbocycles. The molecule has 0 N–H and O–H groups in total. The number of amides is 1. The van der Waals surface area contributed by atoms with Crippen molar-refractivity contribution in [2.24, 2.45) is 5.92 Å². The topological polar surface area (TPSA) is 112 Å². The summed E-state index contributed by atoms with van der Waals surface area (Å²) in [6.45, 7) is 7.18. The third kappa shape index (κ3) is 7.37. The summed E-state index contributed by atoms with van der Waals surface area (Å²) in [6, 6.07) is 31.9. The fourth-order valence-corrected chi connectivity index (χ4v) is 11.5. The Labute approximate surface area is 295 Å². The quantitative estimate of drug-likeness (QED) is 0.0756. The van der Waals surface area contributed by atoms with Crippen LogP contribution in [0.1, 0.15) is 23.0 Å². The molecule has 0 radical (unpaired) electrons. The van der Waals surface area contributed by atoms with Crippen LogP contribution < -0.4 is 15.9 Å². The predicted molar refractivity (Wildman–Crippen MR) is 198 cm³/mol. The second kappa shape index (κ2) is 16.5. The summed E-state index contributed by atoms with van der Waals surface area (Å²) in [5.41, 5.74) is 1.12. The van der Waals surface area contributed by atoms with Crippen LogP contribution in [-0.2, 0) is 23.8 Å². The van der Waals surface area contributed by atoms with Gasteiger partial charge in [0, 0.05) is 24.3 Å². The lowest BCUT2D eigenvalue weighted by atomic mass is 9.92. The number of nitrogens with zero attached hydrogens (tertiary/aromatic N) is 2. The van der Waals surface area contributed by atoms with E-state index in [-0.39, 0.29) is 23.7 Å². The van der Waals surface area contributed by atoms with E-state index in [1.54, 1.807) is 19.1 Å². The van der Waals surface area contributed by atoms with Gasteiger partial charge in [0.05, 0.1) is 0 Å². The van der Waals surface area contributed by atoms with Gasteiger partial charge in [-0.15, -0.1) is 0 Å². The molecule has 11 heteroatoms. The van der Waals surface area contributed by atoms with Crippen LogP contribution in [0.15, 0.2) is 135 Å². The molecule has 0 aliphatic carbocycles. The molecule has 1 saturated heterocycles. The summed E-state index contributed by atoms with van der Waals surface area (Å²) in [6.07, 6.45) is 2.30. The largest absolute Gasteiger partial charge is 0.508 e. The fraction of sp³-hybridized carbons (Fsp3) is 0.179. The lowest BCUT2D eigenvalue weighted by Gasteiger charge is -2.50. The van der Waals surface area contributed by atoms with Crippen molar-refractivity contribution in [2.45, 2.75) is 25.3 Å². The number of ether oxygens (including phenoxy) is 3. The molecule has 0 unspecified atom stereocenters. The minimum Gasteiger partial charge on any atom is -0.457 e. The Morgan fingerprint density at radius 1 is 0.840 bits per heavy atom. The summed E-state index contributed by atoms with van der Waals surface area (Å²) in [5, 5.41) is 0.992. The van der Waals surface area contributed by atoms with Crippen LogP contribution in [0.5, 0.6) is 0 Å². The number of β-lactam (4-membered cyclic amide) rings is 1. The molecule has 0 bridgehead atoms. The van der Waals surface area contributed by atoms with Crippen LogP contribution >= 0.6 is 18.6 Å². The van der Waals surface area contributed by atoms with Crippen LogP contribution in [0, 0.1) is 12.8 Å². The predicted octanol–water partition coefficient (Wildman–Crippen LogP) is 5.63. The zero-order valence-electron chi connectivity index (χ0n) is 27.7. The van der Waals surface area contributed by atoms with Gasteiger partial charge < -0.3 is 14.2 Å². The first-order valence-corrected chi connectivity index (χ1v) is 18.5. The third-order valence-corrected chi connectivity index (χ3v) is 13.5. The van der Waals surface area contributed by atoms with E-state index in [4.69, 9.17) is 14.2 Å². The number of hydrogen-bond acceptors (Lipinski definition) is 9. The number of aryl methyl sites for hydroxylation is 1. The number of carbonyl (C=O) groups excluding carboxylic acids is 4. The maximum Gasteiger partial charge on any atom is 0.508 e. The van der Waals surface area contributed by atoms with Gasteiger partial charge in [0.15, 0.2) is 0 Å². The lowest BCUT2D eigenvalue weighted by Crippen LogP contribution is -2.67. The van der Waals surface area contributed by atoms with Crippen molar-refractivity contribution in [1.29, 1.82) is 0 Å². The number of carbonyl (C=O) groups is 4. The van der Waals surface area contributed by atoms with Crippen molar-refractivity contribution in [2.75, 3.05) is 13.2 Å². The molecule has 1 aliphatic heterocycles.